The van der Waals surface area contributed by atoms with Crippen LogP contribution in [-0.4, -0.2) is 252 Å². The van der Waals surface area contributed by atoms with Crippen LogP contribution >= 0.6 is 0 Å². The van der Waals surface area contributed by atoms with Crippen molar-refractivity contribution in [1.82, 2.24) is 20.4 Å². The summed E-state index contributed by atoms with van der Waals surface area (Å²) in [6.45, 7) is 27.4. The maximum Gasteiger partial charge on any atom is 0.329 e. The number of ether oxygens (including phenoxy) is 8. The summed E-state index contributed by atoms with van der Waals surface area (Å²) in [5, 5.41) is 74.5. The summed E-state index contributed by atoms with van der Waals surface area (Å²) in [5.74, 6) is -11.9. The first-order chi connectivity index (χ1) is 60.7. The number of ketones is 4. The number of Topliss-reactive ketones (excluding diaryl/α,β-unsaturated/α-hetero) is 4. The number of methoxy groups -OCH3 is 4. The SMILES string of the molecule is CN[C@@H]1C[C@@H]2CC[C@@H](C)[C@@](O)(O2)C(=O)C(=O)N2CCCC[C@H]2C(=O)O[C@H]([C@H](C)C[C@@H]2CC[C@@H](O)[C@H](OC)C2)CC[C@H](C)/C=C(\C)[C@@H](O)[C@@H](OC)C(=O)[C@H](C)C[C@H](C)/C=C/C=CC=C1C.CN[C@H]1C[C@@H]2CC[C@@H](C)[C@@](O)(O2)C(=O)C(=O)N2CCCC[C@H]2C(=O)O[C@H]([C@H](C)C[C@@H]2CC[C@@H](O)[C@H](OC)C2)CC[C@H](C)/C=C(\C)[C@@H](O)[C@@H](OC)C(=O)[C@H](C)C[C@H](C)/C=C/C=CC=C1C. The number of nitrogens with one attached hydrogen (secondary N) is 2. The molecule has 30 atom stereocenters. The van der Waals surface area contributed by atoms with Crippen molar-refractivity contribution < 1.29 is 107 Å². The first-order valence-electron chi connectivity index (χ1n) is 48.3. The molecule has 4 saturated heterocycles. The molecule has 0 unspecified atom stereocenters. The number of nitrogens with zero attached hydrogens (tertiary/aromatic N) is 2. The van der Waals surface area contributed by atoms with Gasteiger partial charge in [-0.3, -0.25) is 28.8 Å². The number of aliphatic hydroxyl groups is 6. The number of hydrogen-bond acceptors (Lipinski definition) is 24. The summed E-state index contributed by atoms with van der Waals surface area (Å²) in [7, 11) is 9.80. The van der Waals surface area contributed by atoms with E-state index in [1.54, 1.807) is 41.9 Å². The summed E-state index contributed by atoms with van der Waals surface area (Å²) in [4.78, 5) is 116. The minimum atomic E-state index is -2.35. The van der Waals surface area contributed by atoms with Crippen LogP contribution in [0.4, 0.5) is 0 Å². The molecular formula is C102H164N4O22. The Hall–Kier alpha value is -6.08. The zero-order valence-electron chi connectivity index (χ0n) is 81.0. The first kappa shape index (κ1) is 109. The van der Waals surface area contributed by atoms with E-state index in [-0.39, 0.29) is 108 Å². The summed E-state index contributed by atoms with van der Waals surface area (Å²) in [5.41, 5.74) is 3.25. The molecule has 26 heteroatoms. The van der Waals surface area contributed by atoms with Gasteiger partial charge in [0.2, 0.25) is 11.6 Å². The van der Waals surface area contributed by atoms with Gasteiger partial charge >= 0.3 is 11.9 Å². The molecular weight excluding hydrogens is 1630 g/mol. The zero-order valence-corrected chi connectivity index (χ0v) is 81.0. The minimum absolute atomic E-state index is 0.0699. The summed E-state index contributed by atoms with van der Waals surface area (Å²) < 4.78 is 47.7. The second kappa shape index (κ2) is 52.5. The second-order valence-corrected chi connectivity index (χ2v) is 39.6. The van der Waals surface area contributed by atoms with E-state index in [0.29, 0.717) is 152 Å². The fourth-order valence-corrected chi connectivity index (χ4v) is 20.8. The summed E-state index contributed by atoms with van der Waals surface area (Å²) in [6, 6.07) is -2.30. The van der Waals surface area contributed by atoms with Crippen LogP contribution in [0.2, 0.25) is 0 Å². The Morgan fingerprint density at radius 1 is 0.430 bits per heavy atom. The Morgan fingerprint density at radius 2 is 0.797 bits per heavy atom. The van der Waals surface area contributed by atoms with Gasteiger partial charge in [-0.1, -0.05) is 153 Å². The normalized spacial score (nSPS) is 39.5. The number of hydrogen-bond donors (Lipinski definition) is 8. The lowest BCUT2D eigenvalue weighted by Gasteiger charge is -2.43. The average molecular weight is 1800 g/mol. The molecule has 2 amide bonds. The van der Waals surface area contributed by atoms with Gasteiger partial charge in [-0.15, -0.1) is 0 Å². The van der Waals surface area contributed by atoms with E-state index in [1.807, 2.05) is 129 Å². The standard InChI is InChI=1S/2C51H82N2O11/c2*1-31-16-12-11-13-17-33(3)40(52-8)30-39-22-20-37(7)51(60,64-39)48(57)49(58)53-25-15-14-18-41(53)50(59)63-43(34(4)28-38-21-23-42(54)44(29-38)61-9)24-19-32(2)27-36(6)46(56)47(62-10)45(55)35(5)26-31/h2*11-13,16-17,27,31-32,34-35,37-44,46-47,52,54,56,60H,14-15,18-26,28-30H2,1-10H3/b2*13-11?,16-12+,33-17?,36-27+/t31-,32+,34-,35-,37-,38+,39+,40+,41+,42-,43+,44-,46-,47+,51-;31-,32+,34-,35-,37-,38+,39+,40-,41+,42-,43+,44-,46-,47+,51-/m11/s1. The molecule has 8 N–H and O–H groups in total. The number of fused-ring (bicyclic) bond motifs is 6. The van der Waals surface area contributed by atoms with E-state index in [4.69, 9.17) is 37.9 Å². The minimum Gasteiger partial charge on any atom is -0.461 e. The largest absolute Gasteiger partial charge is 0.461 e. The van der Waals surface area contributed by atoms with Gasteiger partial charge < -0.3 is 89.0 Å². The molecule has 4 bridgehead atoms. The predicted octanol–water partition coefficient (Wildman–Crippen LogP) is 13.1. The van der Waals surface area contributed by atoms with Crippen molar-refractivity contribution in [3.63, 3.8) is 0 Å². The maximum atomic E-state index is 14.4. The smallest absolute Gasteiger partial charge is 0.329 e. The quantitative estimate of drug-likeness (QED) is 0.0511. The van der Waals surface area contributed by atoms with Crippen molar-refractivity contribution in [3.05, 3.63) is 95.2 Å². The van der Waals surface area contributed by atoms with Crippen LogP contribution in [0.3, 0.4) is 0 Å². The number of carbonyl (C=O) groups is 8. The van der Waals surface area contributed by atoms with Crippen molar-refractivity contribution in [2.45, 2.75) is 373 Å². The number of aliphatic hydroxyl groups excluding tert-OH is 4. The zero-order chi connectivity index (χ0) is 94.6. The van der Waals surface area contributed by atoms with E-state index < -0.39 is 132 Å². The van der Waals surface area contributed by atoms with Crippen LogP contribution in [0.1, 0.15) is 264 Å². The van der Waals surface area contributed by atoms with E-state index in [1.165, 1.54) is 24.0 Å². The van der Waals surface area contributed by atoms with Gasteiger partial charge in [-0.05, 0) is 267 Å². The van der Waals surface area contributed by atoms with Crippen LogP contribution in [0, 0.1) is 71.0 Å². The van der Waals surface area contributed by atoms with Gasteiger partial charge in [0.1, 0.15) is 48.7 Å². The van der Waals surface area contributed by atoms with Crippen molar-refractivity contribution in [1.29, 1.82) is 0 Å². The Kier molecular flexibility index (Phi) is 44.7. The summed E-state index contributed by atoms with van der Waals surface area (Å²) in [6.07, 6.45) is 30.8. The van der Waals surface area contributed by atoms with Gasteiger partial charge in [-0.25, -0.2) is 9.59 Å². The molecule has 8 aliphatic rings. The van der Waals surface area contributed by atoms with Gasteiger partial charge in [0.25, 0.3) is 23.4 Å². The Bertz CT molecular complexity index is 3590. The van der Waals surface area contributed by atoms with Crippen molar-refractivity contribution >= 4 is 46.9 Å². The van der Waals surface area contributed by atoms with Gasteiger partial charge in [0, 0.05) is 77.3 Å². The van der Waals surface area contributed by atoms with Crippen LogP contribution in [0.15, 0.2) is 95.2 Å². The Morgan fingerprint density at radius 3 is 1.14 bits per heavy atom. The molecule has 2 aliphatic carbocycles. The third kappa shape index (κ3) is 30.5. The lowest BCUT2D eigenvalue weighted by atomic mass is 9.78. The number of cyclic esters (lactones) is 2. The molecule has 26 nitrogen and oxygen atoms in total. The molecule has 128 heavy (non-hydrogen) atoms. The van der Waals surface area contributed by atoms with Crippen LogP contribution in [0.25, 0.3) is 0 Å². The highest BCUT2D eigenvalue weighted by Gasteiger charge is 2.55. The molecule has 8 rings (SSSR count). The number of piperidine rings is 2. The molecule has 6 heterocycles. The lowest BCUT2D eigenvalue weighted by molar-refractivity contribution is -0.264. The number of rotatable bonds is 12. The molecule has 0 aromatic rings. The summed E-state index contributed by atoms with van der Waals surface area (Å²) >= 11 is 0. The van der Waals surface area contributed by atoms with E-state index in [2.05, 4.69) is 38.3 Å². The molecule has 0 aromatic carbocycles. The fourth-order valence-electron chi connectivity index (χ4n) is 20.8. The number of carbonyl (C=O) groups excluding carboxylic acids is 8. The van der Waals surface area contributed by atoms with Gasteiger partial charge in [0.15, 0.2) is 11.6 Å². The van der Waals surface area contributed by atoms with Crippen LogP contribution in [-0.2, 0) is 76.3 Å². The molecule has 0 radical (unpaired) electrons. The molecule has 6 aliphatic heterocycles. The number of esters is 2. The highest BCUT2D eigenvalue weighted by molar-refractivity contribution is 6.39. The highest BCUT2D eigenvalue weighted by Crippen LogP contribution is 2.42. The molecule has 0 spiro atoms. The number of amides is 2. The second-order valence-electron chi connectivity index (χ2n) is 39.6. The number of allylic oxidation sites excluding steroid dienone is 12. The monoisotopic (exact) mass is 1800 g/mol. The van der Waals surface area contributed by atoms with E-state index in [9.17, 15) is 69.0 Å². The molecule has 0 aromatic heterocycles. The van der Waals surface area contributed by atoms with Crippen LogP contribution < -0.4 is 10.6 Å². The Labute approximate surface area is 765 Å². The maximum absolute atomic E-state index is 14.4. The van der Waals surface area contributed by atoms with Crippen LogP contribution in [0.5, 0.6) is 0 Å². The van der Waals surface area contributed by atoms with Gasteiger partial charge in [-0.2, -0.15) is 0 Å². The molecule has 6 fully saturated rings. The van der Waals surface area contributed by atoms with E-state index >= 15 is 0 Å². The lowest BCUT2D eigenvalue weighted by Crippen LogP contribution is -2.61. The predicted molar refractivity (Wildman–Crippen MR) is 494 cm³/mol. The topological polar surface area (TPSA) is 362 Å². The number of likely N-dealkylation sites (N-methyl/N-ethyl adjacent to an activating group) is 2. The molecule has 724 valence electrons. The van der Waals surface area contributed by atoms with E-state index in [0.717, 1.165) is 36.8 Å². The first-order valence-corrected chi connectivity index (χ1v) is 48.3. The third-order valence-electron chi connectivity index (χ3n) is 29.3. The molecule has 2 saturated carbocycles. The fraction of sp³-hybridized carbons (Fsp3) is 0.765. The Balaban J connectivity index is 0.000000351. The third-order valence-corrected chi connectivity index (χ3v) is 29.3. The highest BCUT2D eigenvalue weighted by atomic mass is 16.6. The van der Waals surface area contributed by atoms with Gasteiger partial charge in [0.05, 0.1) is 36.6 Å². The van der Waals surface area contributed by atoms with Crippen molar-refractivity contribution in [2.75, 3.05) is 55.6 Å². The van der Waals surface area contributed by atoms with Crippen molar-refractivity contribution in [3.8, 4) is 0 Å². The average Bonchev–Trinajstić information content (AvgIpc) is 0.774. The van der Waals surface area contributed by atoms with Crippen molar-refractivity contribution in [2.24, 2.45) is 71.0 Å².